The average molecular weight is 293 g/mol. The zero-order chi connectivity index (χ0) is 14.7. The number of aromatic nitrogens is 3. The molecule has 0 saturated heterocycles. The number of aryl methyl sites for hydroxylation is 2. The number of unbranched alkanes of at least 4 members (excludes halogenated alkanes) is 2. The van der Waals surface area contributed by atoms with E-state index in [0.717, 1.165) is 49.0 Å². The third-order valence-electron chi connectivity index (χ3n) is 3.67. The van der Waals surface area contributed by atoms with Crippen LogP contribution in [-0.4, -0.2) is 14.1 Å². The maximum atomic E-state index is 12.7. The van der Waals surface area contributed by atoms with Gasteiger partial charge in [0, 0.05) is 18.8 Å². The number of aromatic amines is 1. The molecule has 20 heavy (non-hydrogen) atoms. The molecule has 1 N–H and O–H groups in total. The molecule has 0 fully saturated rings. The van der Waals surface area contributed by atoms with Gasteiger partial charge in [0.2, 0.25) is 0 Å². The van der Waals surface area contributed by atoms with Crippen LogP contribution < -0.4 is 5.56 Å². The van der Waals surface area contributed by atoms with Gasteiger partial charge in [-0.2, -0.15) is 0 Å². The molecule has 0 saturated carbocycles. The van der Waals surface area contributed by atoms with Crippen molar-refractivity contribution in [3.8, 4) is 0 Å². The summed E-state index contributed by atoms with van der Waals surface area (Å²) < 4.78 is 4.34. The molecule has 0 aliphatic carbocycles. The fraction of sp³-hybridized carbons (Fsp3) is 0.600. The van der Waals surface area contributed by atoms with E-state index in [2.05, 4.69) is 23.4 Å². The number of rotatable bonds is 6. The lowest BCUT2D eigenvalue weighted by Crippen LogP contribution is -2.24. The van der Waals surface area contributed by atoms with Gasteiger partial charge in [-0.3, -0.25) is 9.36 Å². The molecule has 2 rings (SSSR count). The first kappa shape index (κ1) is 15.0. The normalized spacial score (nSPS) is 11.3. The van der Waals surface area contributed by atoms with Crippen LogP contribution in [0.2, 0.25) is 0 Å². The van der Waals surface area contributed by atoms with Crippen LogP contribution >= 0.6 is 12.2 Å². The Morgan fingerprint density at radius 1 is 1.15 bits per heavy atom. The summed E-state index contributed by atoms with van der Waals surface area (Å²) in [6.45, 7) is 7.88. The van der Waals surface area contributed by atoms with E-state index in [1.807, 2.05) is 13.0 Å². The second-order valence-electron chi connectivity index (χ2n) is 5.29. The van der Waals surface area contributed by atoms with Crippen molar-refractivity contribution in [2.24, 2.45) is 0 Å². The lowest BCUT2D eigenvalue weighted by atomic mass is 10.2. The molecule has 5 heteroatoms. The van der Waals surface area contributed by atoms with Crippen LogP contribution in [-0.2, 0) is 13.1 Å². The van der Waals surface area contributed by atoms with Gasteiger partial charge in [0.1, 0.15) is 5.52 Å². The summed E-state index contributed by atoms with van der Waals surface area (Å²) in [5, 5.41) is 0. The van der Waals surface area contributed by atoms with Crippen molar-refractivity contribution in [2.75, 3.05) is 0 Å². The lowest BCUT2D eigenvalue weighted by molar-refractivity contribution is 0.574. The highest BCUT2D eigenvalue weighted by Crippen LogP contribution is 2.15. The van der Waals surface area contributed by atoms with Gasteiger partial charge in [0.25, 0.3) is 5.56 Å². The van der Waals surface area contributed by atoms with Gasteiger partial charge < -0.3 is 9.55 Å². The largest absolute Gasteiger partial charge is 0.339 e. The smallest absolute Gasteiger partial charge is 0.278 e. The van der Waals surface area contributed by atoms with Crippen molar-refractivity contribution >= 4 is 23.3 Å². The summed E-state index contributed by atoms with van der Waals surface area (Å²) >= 11 is 5.33. The summed E-state index contributed by atoms with van der Waals surface area (Å²) in [6, 6.07) is 2.01. The zero-order valence-electron chi connectivity index (χ0n) is 12.5. The van der Waals surface area contributed by atoms with Crippen molar-refractivity contribution in [1.29, 1.82) is 0 Å². The van der Waals surface area contributed by atoms with Gasteiger partial charge in [0.05, 0.1) is 5.52 Å². The Morgan fingerprint density at radius 3 is 2.55 bits per heavy atom. The zero-order valence-corrected chi connectivity index (χ0v) is 13.3. The van der Waals surface area contributed by atoms with E-state index in [1.165, 1.54) is 0 Å². The summed E-state index contributed by atoms with van der Waals surface area (Å²) in [5.74, 6) is 0. The topological polar surface area (TPSA) is 42.7 Å². The molecule has 0 spiro atoms. The van der Waals surface area contributed by atoms with Gasteiger partial charge in [-0.1, -0.05) is 26.7 Å². The van der Waals surface area contributed by atoms with Gasteiger partial charge in [0.15, 0.2) is 4.77 Å². The van der Waals surface area contributed by atoms with Crippen LogP contribution in [0.5, 0.6) is 0 Å². The van der Waals surface area contributed by atoms with Crippen molar-refractivity contribution < 1.29 is 0 Å². The standard InChI is InChI=1S/C15H23N3OS/c1-4-6-7-9-18-14(19)13-12(16-15(18)20)10-11(3)17(13)8-5-2/h10H,4-9H2,1-3H3,(H,16,20). The minimum Gasteiger partial charge on any atom is -0.339 e. The quantitative estimate of drug-likeness (QED) is 0.651. The van der Waals surface area contributed by atoms with Gasteiger partial charge in [-0.25, -0.2) is 0 Å². The maximum absolute atomic E-state index is 12.7. The van der Waals surface area contributed by atoms with Crippen LogP contribution in [0.3, 0.4) is 0 Å². The first-order valence-electron chi connectivity index (χ1n) is 7.43. The molecule has 2 aromatic heterocycles. The molecular weight excluding hydrogens is 270 g/mol. The van der Waals surface area contributed by atoms with Gasteiger partial charge in [-0.05, 0) is 38.0 Å². The molecule has 0 aromatic carbocycles. The third-order valence-corrected chi connectivity index (χ3v) is 3.99. The summed E-state index contributed by atoms with van der Waals surface area (Å²) in [5.41, 5.74) is 2.77. The van der Waals surface area contributed by atoms with Crippen LogP contribution in [0.15, 0.2) is 10.9 Å². The van der Waals surface area contributed by atoms with E-state index in [0.29, 0.717) is 11.3 Å². The SMILES string of the molecule is CCCCCn1c(=S)[nH]c2cc(C)n(CCC)c2c1=O. The molecule has 4 nitrogen and oxygen atoms in total. The molecule has 0 bridgehead atoms. The van der Waals surface area contributed by atoms with E-state index >= 15 is 0 Å². The van der Waals surface area contributed by atoms with Crippen molar-refractivity contribution in [3.05, 3.63) is 26.9 Å². The van der Waals surface area contributed by atoms with Crippen molar-refractivity contribution in [2.45, 2.75) is 59.5 Å². The summed E-state index contributed by atoms with van der Waals surface area (Å²) in [4.78, 5) is 15.9. The molecule has 0 aliphatic rings. The Labute approximate surface area is 124 Å². The van der Waals surface area contributed by atoms with E-state index in [1.54, 1.807) is 4.57 Å². The molecule has 0 unspecified atom stereocenters. The number of hydrogen-bond acceptors (Lipinski definition) is 2. The maximum Gasteiger partial charge on any atom is 0.278 e. The second kappa shape index (κ2) is 6.39. The van der Waals surface area contributed by atoms with E-state index in [9.17, 15) is 4.79 Å². The van der Waals surface area contributed by atoms with E-state index < -0.39 is 0 Å². The molecule has 0 radical (unpaired) electrons. The number of fused-ring (bicyclic) bond motifs is 1. The highest BCUT2D eigenvalue weighted by molar-refractivity contribution is 7.71. The van der Waals surface area contributed by atoms with Crippen LogP contribution in [0, 0.1) is 11.7 Å². The number of H-pyrrole nitrogens is 1. The third kappa shape index (κ3) is 2.73. The number of hydrogen-bond donors (Lipinski definition) is 1. The highest BCUT2D eigenvalue weighted by atomic mass is 32.1. The fourth-order valence-electron chi connectivity index (χ4n) is 2.64. The Hall–Kier alpha value is -1.36. The molecular formula is C15H23N3OS. The molecule has 110 valence electrons. The molecule has 2 heterocycles. The van der Waals surface area contributed by atoms with Gasteiger partial charge in [-0.15, -0.1) is 0 Å². The molecule has 0 amide bonds. The first-order valence-corrected chi connectivity index (χ1v) is 7.83. The van der Waals surface area contributed by atoms with Crippen LogP contribution in [0.4, 0.5) is 0 Å². The highest BCUT2D eigenvalue weighted by Gasteiger charge is 2.12. The Bertz CT molecular complexity index is 708. The van der Waals surface area contributed by atoms with Crippen molar-refractivity contribution in [3.63, 3.8) is 0 Å². The predicted molar refractivity (Wildman–Crippen MR) is 85.9 cm³/mol. The van der Waals surface area contributed by atoms with E-state index in [-0.39, 0.29) is 5.56 Å². The summed E-state index contributed by atoms with van der Waals surface area (Å²) in [7, 11) is 0. The monoisotopic (exact) mass is 293 g/mol. The second-order valence-corrected chi connectivity index (χ2v) is 5.68. The molecule has 0 atom stereocenters. The van der Waals surface area contributed by atoms with Crippen LogP contribution in [0.25, 0.3) is 11.0 Å². The first-order chi connectivity index (χ1) is 9.60. The number of nitrogens with one attached hydrogen (secondary N) is 1. The number of nitrogens with zero attached hydrogens (tertiary/aromatic N) is 2. The fourth-order valence-corrected chi connectivity index (χ4v) is 2.92. The Balaban J connectivity index is 2.57. The average Bonchev–Trinajstić information content (AvgIpc) is 2.70. The molecule has 0 aliphatic heterocycles. The van der Waals surface area contributed by atoms with Gasteiger partial charge >= 0.3 is 0 Å². The summed E-state index contributed by atoms with van der Waals surface area (Å²) in [6.07, 6.45) is 4.26. The van der Waals surface area contributed by atoms with E-state index in [4.69, 9.17) is 12.2 Å². The minimum absolute atomic E-state index is 0.0430. The van der Waals surface area contributed by atoms with Crippen molar-refractivity contribution in [1.82, 2.24) is 14.1 Å². The lowest BCUT2D eigenvalue weighted by Gasteiger charge is -2.09. The van der Waals surface area contributed by atoms with Crippen LogP contribution in [0.1, 0.15) is 45.2 Å². The minimum atomic E-state index is 0.0430. The molecule has 2 aromatic rings. The Kier molecular flexibility index (Phi) is 4.81. The Morgan fingerprint density at radius 2 is 1.90 bits per heavy atom. The predicted octanol–water partition coefficient (Wildman–Crippen LogP) is 3.77.